The molecule has 1 fully saturated rings. The maximum Gasteiger partial charge on any atom is 0.230 e. The summed E-state index contributed by atoms with van der Waals surface area (Å²) in [5.41, 5.74) is 2.57. The quantitative estimate of drug-likeness (QED) is 0.682. The molecule has 2 heterocycles. The van der Waals surface area contributed by atoms with Gasteiger partial charge in [-0.2, -0.15) is 0 Å². The molecule has 3 rings (SSSR count). The molecule has 0 spiro atoms. The van der Waals surface area contributed by atoms with Crippen LogP contribution < -0.4 is 10.2 Å². The molecule has 0 saturated carbocycles. The van der Waals surface area contributed by atoms with E-state index in [1.54, 1.807) is 0 Å². The van der Waals surface area contributed by atoms with E-state index in [0.29, 0.717) is 31.4 Å². The van der Waals surface area contributed by atoms with Gasteiger partial charge < -0.3 is 15.0 Å². The molecule has 8 heteroatoms. The predicted molar refractivity (Wildman–Crippen MR) is 112 cm³/mol. The van der Waals surface area contributed by atoms with Gasteiger partial charge in [-0.15, -0.1) is 10.2 Å². The third-order valence-corrected chi connectivity index (χ3v) is 5.84. The number of rotatable bonds is 8. The van der Waals surface area contributed by atoms with Crippen LogP contribution in [0, 0.1) is 0 Å². The van der Waals surface area contributed by atoms with Crippen molar-refractivity contribution in [2.75, 3.05) is 43.5 Å². The first-order valence-corrected chi connectivity index (χ1v) is 10.7. The van der Waals surface area contributed by atoms with Crippen LogP contribution in [0.25, 0.3) is 0 Å². The lowest BCUT2D eigenvalue weighted by molar-refractivity contribution is -0.118. The molecule has 1 aliphatic heterocycles. The number of anilines is 1. The smallest absolute Gasteiger partial charge is 0.230 e. The number of amides is 1. The summed E-state index contributed by atoms with van der Waals surface area (Å²) in [4.78, 5) is 14.3. The van der Waals surface area contributed by atoms with Crippen LogP contribution in [0.5, 0.6) is 0 Å². The molecule has 1 aromatic heterocycles. The minimum atomic E-state index is 0.0136. The zero-order chi connectivity index (χ0) is 19.9. The van der Waals surface area contributed by atoms with Crippen molar-refractivity contribution in [1.29, 1.82) is 0 Å². The highest BCUT2D eigenvalue weighted by Gasteiger charge is 2.19. The Morgan fingerprint density at radius 3 is 2.61 bits per heavy atom. The van der Waals surface area contributed by atoms with Gasteiger partial charge in [0, 0.05) is 26.7 Å². The molecule has 1 aliphatic rings. The molecule has 0 bridgehead atoms. The normalized spacial score (nSPS) is 14.5. The van der Waals surface area contributed by atoms with E-state index in [0.717, 1.165) is 30.6 Å². The van der Waals surface area contributed by atoms with Crippen LogP contribution in [0.15, 0.2) is 29.4 Å². The molecule has 1 saturated heterocycles. The summed E-state index contributed by atoms with van der Waals surface area (Å²) in [5.74, 6) is 1.72. The minimum absolute atomic E-state index is 0.0136. The van der Waals surface area contributed by atoms with Crippen LogP contribution >= 0.6 is 11.8 Å². The molecule has 152 valence electrons. The van der Waals surface area contributed by atoms with Crippen LogP contribution in [-0.2, 0) is 23.0 Å². The van der Waals surface area contributed by atoms with Gasteiger partial charge in [0.25, 0.3) is 0 Å². The third-order valence-electron chi connectivity index (χ3n) is 4.82. The van der Waals surface area contributed by atoms with Crippen molar-refractivity contribution in [2.24, 2.45) is 7.05 Å². The summed E-state index contributed by atoms with van der Waals surface area (Å²) in [5, 5.41) is 12.2. The van der Waals surface area contributed by atoms with Crippen LogP contribution in [-0.4, -0.2) is 59.3 Å². The zero-order valence-corrected chi connectivity index (χ0v) is 17.7. The van der Waals surface area contributed by atoms with E-state index >= 15 is 0 Å². The summed E-state index contributed by atoms with van der Waals surface area (Å²) >= 11 is 1.41. The fourth-order valence-electron chi connectivity index (χ4n) is 3.07. The lowest BCUT2D eigenvalue weighted by Crippen LogP contribution is -2.37. The first kappa shape index (κ1) is 20.7. The molecule has 1 aromatic carbocycles. The van der Waals surface area contributed by atoms with E-state index in [9.17, 15) is 4.79 Å². The third kappa shape index (κ3) is 5.48. The lowest BCUT2D eigenvalue weighted by atomic mass is 10.0. The Labute approximate surface area is 170 Å². The molecular formula is C20H29N5O2S. The van der Waals surface area contributed by atoms with Gasteiger partial charge in [-0.25, -0.2) is 0 Å². The van der Waals surface area contributed by atoms with E-state index in [4.69, 9.17) is 4.74 Å². The lowest BCUT2D eigenvalue weighted by Gasteiger charge is -2.27. The van der Waals surface area contributed by atoms with Gasteiger partial charge in [-0.3, -0.25) is 9.36 Å². The number of thioether (sulfide) groups is 1. The Hall–Kier alpha value is -2.06. The SMILES string of the molecule is CC(C)c1ccc(CCNC(=O)CSc2nnc(N3CCOCC3)n2C)cc1. The second-order valence-electron chi connectivity index (χ2n) is 7.23. The van der Waals surface area contributed by atoms with Crippen molar-refractivity contribution in [3.05, 3.63) is 35.4 Å². The molecule has 0 unspecified atom stereocenters. The highest BCUT2D eigenvalue weighted by molar-refractivity contribution is 7.99. The average Bonchev–Trinajstić information content (AvgIpc) is 3.08. The molecule has 0 radical (unpaired) electrons. The van der Waals surface area contributed by atoms with E-state index in [1.807, 2.05) is 11.6 Å². The van der Waals surface area contributed by atoms with Crippen LogP contribution in [0.1, 0.15) is 30.9 Å². The van der Waals surface area contributed by atoms with Gasteiger partial charge >= 0.3 is 0 Å². The number of nitrogens with one attached hydrogen (secondary N) is 1. The molecule has 0 aliphatic carbocycles. The van der Waals surface area contributed by atoms with E-state index in [2.05, 4.69) is 58.5 Å². The Morgan fingerprint density at radius 1 is 1.21 bits per heavy atom. The summed E-state index contributed by atoms with van der Waals surface area (Å²) in [6, 6.07) is 8.61. The molecular weight excluding hydrogens is 374 g/mol. The second kappa shape index (κ2) is 9.93. The minimum Gasteiger partial charge on any atom is -0.378 e. The average molecular weight is 404 g/mol. The summed E-state index contributed by atoms with van der Waals surface area (Å²) in [6.45, 7) is 8.06. The van der Waals surface area contributed by atoms with Crippen molar-refractivity contribution in [3.63, 3.8) is 0 Å². The Morgan fingerprint density at radius 2 is 1.93 bits per heavy atom. The fraction of sp³-hybridized carbons (Fsp3) is 0.550. The standard InChI is InChI=1S/C20H29N5O2S/c1-15(2)17-6-4-16(5-7-17)8-9-21-18(26)14-28-20-23-22-19(24(20)3)25-10-12-27-13-11-25/h4-7,15H,8-14H2,1-3H3,(H,21,26). The summed E-state index contributed by atoms with van der Waals surface area (Å²) in [6.07, 6.45) is 0.833. The number of carbonyl (C=O) groups excluding carboxylic acids is 1. The number of carbonyl (C=O) groups is 1. The zero-order valence-electron chi connectivity index (χ0n) is 16.9. The van der Waals surface area contributed by atoms with E-state index in [1.165, 1.54) is 22.9 Å². The van der Waals surface area contributed by atoms with Gasteiger partial charge in [-0.05, 0) is 23.5 Å². The number of morpholine rings is 1. The first-order valence-electron chi connectivity index (χ1n) is 9.75. The van der Waals surface area contributed by atoms with Crippen molar-refractivity contribution >= 4 is 23.6 Å². The molecule has 28 heavy (non-hydrogen) atoms. The van der Waals surface area contributed by atoms with Crippen molar-refractivity contribution in [3.8, 4) is 0 Å². The van der Waals surface area contributed by atoms with Crippen molar-refractivity contribution in [1.82, 2.24) is 20.1 Å². The highest BCUT2D eigenvalue weighted by Crippen LogP contribution is 2.21. The van der Waals surface area contributed by atoms with Crippen molar-refractivity contribution < 1.29 is 9.53 Å². The molecule has 7 nitrogen and oxygen atoms in total. The van der Waals surface area contributed by atoms with Crippen LogP contribution in [0.3, 0.4) is 0 Å². The number of benzene rings is 1. The maximum atomic E-state index is 12.2. The molecule has 1 amide bonds. The largest absolute Gasteiger partial charge is 0.378 e. The van der Waals surface area contributed by atoms with E-state index < -0.39 is 0 Å². The molecule has 0 atom stereocenters. The Bertz CT molecular complexity index is 769. The summed E-state index contributed by atoms with van der Waals surface area (Å²) < 4.78 is 7.32. The van der Waals surface area contributed by atoms with E-state index in [-0.39, 0.29) is 5.91 Å². The number of nitrogens with zero attached hydrogens (tertiary/aromatic N) is 4. The Kier molecular flexibility index (Phi) is 7.33. The first-order chi connectivity index (χ1) is 13.5. The number of ether oxygens (including phenoxy) is 1. The van der Waals surface area contributed by atoms with Crippen molar-refractivity contribution in [2.45, 2.75) is 31.3 Å². The Balaban J connectivity index is 1.41. The topological polar surface area (TPSA) is 72.3 Å². The molecule has 1 N–H and O–H groups in total. The van der Waals surface area contributed by atoms with Gasteiger partial charge in [0.2, 0.25) is 11.9 Å². The van der Waals surface area contributed by atoms with Gasteiger partial charge in [0.1, 0.15) is 0 Å². The molecule has 2 aromatic rings. The number of aromatic nitrogens is 3. The summed E-state index contributed by atoms with van der Waals surface area (Å²) in [7, 11) is 1.94. The predicted octanol–water partition coefficient (Wildman–Crippen LogP) is 2.23. The second-order valence-corrected chi connectivity index (χ2v) is 8.17. The highest BCUT2D eigenvalue weighted by atomic mass is 32.2. The van der Waals surface area contributed by atoms with Crippen LogP contribution in [0.2, 0.25) is 0 Å². The number of hydrogen-bond acceptors (Lipinski definition) is 6. The van der Waals surface area contributed by atoms with Gasteiger partial charge in [-0.1, -0.05) is 49.9 Å². The fourth-order valence-corrected chi connectivity index (χ4v) is 3.80. The maximum absolute atomic E-state index is 12.2. The monoisotopic (exact) mass is 403 g/mol. The number of hydrogen-bond donors (Lipinski definition) is 1. The van der Waals surface area contributed by atoms with Gasteiger partial charge in [0.15, 0.2) is 5.16 Å². The van der Waals surface area contributed by atoms with Gasteiger partial charge in [0.05, 0.1) is 19.0 Å². The van der Waals surface area contributed by atoms with Crippen LogP contribution in [0.4, 0.5) is 5.95 Å².